The molecule has 25 heavy (non-hydrogen) atoms. The number of aromatic nitrogens is 4. The lowest BCUT2D eigenvalue weighted by Gasteiger charge is -2.35. The minimum Gasteiger partial charge on any atom is -0.334 e. The second kappa shape index (κ2) is 7.01. The Morgan fingerprint density at radius 1 is 1.12 bits per heavy atom. The number of nitrogens with zero attached hydrogens (tertiary/aromatic N) is 5. The van der Waals surface area contributed by atoms with E-state index in [4.69, 9.17) is 0 Å². The first-order valence-electron chi connectivity index (χ1n) is 8.81. The van der Waals surface area contributed by atoms with Crippen molar-refractivity contribution < 1.29 is 4.79 Å². The van der Waals surface area contributed by atoms with E-state index >= 15 is 0 Å². The van der Waals surface area contributed by atoms with Gasteiger partial charge in [-0.15, -0.1) is 5.10 Å². The summed E-state index contributed by atoms with van der Waals surface area (Å²) in [6, 6.07) is 13.8. The van der Waals surface area contributed by atoms with Crippen LogP contribution < -0.4 is 0 Å². The summed E-state index contributed by atoms with van der Waals surface area (Å²) in [6.45, 7) is 1.35. The third kappa shape index (κ3) is 3.24. The molecule has 3 heterocycles. The number of para-hydroxylation sites is 1. The number of hydrogen-bond donors (Lipinski definition) is 0. The smallest absolute Gasteiger partial charge is 0.225 e. The van der Waals surface area contributed by atoms with E-state index < -0.39 is 0 Å². The Hall–Kier alpha value is -2.76. The summed E-state index contributed by atoms with van der Waals surface area (Å²) >= 11 is 0. The van der Waals surface area contributed by atoms with Gasteiger partial charge < -0.3 is 4.90 Å². The van der Waals surface area contributed by atoms with E-state index in [-0.39, 0.29) is 11.9 Å². The van der Waals surface area contributed by atoms with E-state index in [0.717, 1.165) is 42.5 Å². The molecule has 6 nitrogen and oxygen atoms in total. The Labute approximate surface area is 146 Å². The summed E-state index contributed by atoms with van der Waals surface area (Å²) in [5, 5.41) is 8.32. The van der Waals surface area contributed by atoms with Crippen molar-refractivity contribution in [3.8, 4) is 0 Å². The molecule has 0 spiro atoms. The number of fused-ring (bicyclic) bond motifs is 1. The highest BCUT2D eigenvalue weighted by atomic mass is 16.2. The number of piperidine rings is 1. The number of hydrogen-bond acceptors (Lipinski definition) is 4. The van der Waals surface area contributed by atoms with Gasteiger partial charge in [-0.3, -0.25) is 9.78 Å². The molecule has 1 fully saturated rings. The zero-order valence-electron chi connectivity index (χ0n) is 14.1. The SMILES string of the molecule is O=C(CCn1nnc2ccccc21)N1CCCC[C@H]1c1ccccn1. The highest BCUT2D eigenvalue weighted by Gasteiger charge is 2.28. The molecule has 0 N–H and O–H groups in total. The molecule has 1 amide bonds. The Balaban J connectivity index is 1.47. The Morgan fingerprint density at radius 3 is 2.88 bits per heavy atom. The lowest BCUT2D eigenvalue weighted by Crippen LogP contribution is -2.39. The summed E-state index contributed by atoms with van der Waals surface area (Å²) in [7, 11) is 0. The van der Waals surface area contributed by atoms with E-state index in [0.29, 0.717) is 13.0 Å². The van der Waals surface area contributed by atoms with Crippen LogP contribution in [-0.4, -0.2) is 37.3 Å². The van der Waals surface area contributed by atoms with E-state index in [2.05, 4.69) is 15.3 Å². The molecular formula is C19H21N5O. The molecule has 1 aliphatic rings. The number of carbonyl (C=O) groups excluding carboxylic acids is 1. The molecule has 0 aliphatic carbocycles. The van der Waals surface area contributed by atoms with Crippen molar-refractivity contribution in [3.63, 3.8) is 0 Å². The summed E-state index contributed by atoms with van der Waals surface area (Å²) in [6.07, 6.45) is 5.40. The largest absolute Gasteiger partial charge is 0.334 e. The topological polar surface area (TPSA) is 63.9 Å². The fraction of sp³-hybridized carbons (Fsp3) is 0.368. The Morgan fingerprint density at radius 2 is 2.00 bits per heavy atom. The van der Waals surface area contributed by atoms with E-state index in [1.807, 2.05) is 52.0 Å². The number of aryl methyl sites for hydroxylation is 1. The maximum atomic E-state index is 12.8. The van der Waals surface area contributed by atoms with Gasteiger partial charge in [0.05, 0.1) is 23.8 Å². The molecule has 3 aromatic rings. The van der Waals surface area contributed by atoms with Crippen LogP contribution in [-0.2, 0) is 11.3 Å². The number of likely N-dealkylation sites (tertiary alicyclic amines) is 1. The minimum absolute atomic E-state index is 0.0925. The summed E-state index contributed by atoms with van der Waals surface area (Å²) in [5.74, 6) is 0.162. The van der Waals surface area contributed by atoms with Crippen molar-refractivity contribution in [3.05, 3.63) is 54.4 Å². The molecule has 1 atom stereocenters. The van der Waals surface area contributed by atoms with Gasteiger partial charge in [-0.1, -0.05) is 23.4 Å². The summed E-state index contributed by atoms with van der Waals surface area (Å²) < 4.78 is 1.81. The van der Waals surface area contributed by atoms with Crippen LogP contribution in [0, 0.1) is 0 Å². The molecular weight excluding hydrogens is 314 g/mol. The van der Waals surface area contributed by atoms with Gasteiger partial charge in [0.1, 0.15) is 5.52 Å². The average molecular weight is 335 g/mol. The van der Waals surface area contributed by atoms with E-state index in [9.17, 15) is 4.79 Å². The first-order valence-corrected chi connectivity index (χ1v) is 8.81. The minimum atomic E-state index is 0.0925. The normalized spacial score (nSPS) is 17.8. The van der Waals surface area contributed by atoms with Crippen molar-refractivity contribution in [1.82, 2.24) is 24.9 Å². The highest BCUT2D eigenvalue weighted by molar-refractivity contribution is 5.77. The summed E-state index contributed by atoms with van der Waals surface area (Å²) in [5.41, 5.74) is 2.82. The molecule has 0 bridgehead atoms. The second-order valence-electron chi connectivity index (χ2n) is 6.40. The van der Waals surface area contributed by atoms with Crippen LogP contribution >= 0.6 is 0 Å². The molecule has 6 heteroatoms. The molecule has 1 aromatic carbocycles. The van der Waals surface area contributed by atoms with Gasteiger partial charge in [0.2, 0.25) is 5.91 Å². The highest BCUT2D eigenvalue weighted by Crippen LogP contribution is 2.30. The van der Waals surface area contributed by atoms with E-state index in [1.165, 1.54) is 0 Å². The number of pyridine rings is 1. The Kier molecular flexibility index (Phi) is 4.41. The van der Waals surface area contributed by atoms with Crippen molar-refractivity contribution in [1.29, 1.82) is 0 Å². The first kappa shape index (κ1) is 15.7. The molecule has 0 radical (unpaired) electrons. The number of rotatable bonds is 4. The maximum absolute atomic E-state index is 12.8. The third-order valence-corrected chi connectivity index (χ3v) is 4.81. The van der Waals surface area contributed by atoms with Crippen LogP contribution in [0.3, 0.4) is 0 Å². The standard InChI is InChI=1S/C19H21N5O/c25-19(11-14-24-18-10-2-1-8-16(18)21-22-24)23-13-6-4-9-17(23)15-7-3-5-12-20-15/h1-3,5,7-8,10,12,17H,4,6,9,11,13-14H2/t17-/m0/s1. The van der Waals surface area contributed by atoms with Gasteiger partial charge in [-0.2, -0.15) is 0 Å². The molecule has 1 aliphatic heterocycles. The molecule has 0 saturated carbocycles. The van der Waals surface area contributed by atoms with Crippen molar-refractivity contribution in [2.24, 2.45) is 0 Å². The van der Waals surface area contributed by atoms with Gasteiger partial charge in [0.25, 0.3) is 0 Å². The average Bonchev–Trinajstić information content (AvgIpc) is 3.10. The molecule has 2 aromatic heterocycles. The van der Waals surface area contributed by atoms with Crippen molar-refractivity contribution in [2.45, 2.75) is 38.3 Å². The first-order chi connectivity index (χ1) is 12.3. The van der Waals surface area contributed by atoms with Gasteiger partial charge in [0.15, 0.2) is 0 Å². The number of benzene rings is 1. The fourth-order valence-corrected chi connectivity index (χ4v) is 3.54. The fourth-order valence-electron chi connectivity index (χ4n) is 3.54. The third-order valence-electron chi connectivity index (χ3n) is 4.81. The monoisotopic (exact) mass is 335 g/mol. The van der Waals surface area contributed by atoms with Crippen LogP contribution in [0.2, 0.25) is 0 Å². The van der Waals surface area contributed by atoms with Gasteiger partial charge in [0, 0.05) is 19.2 Å². The van der Waals surface area contributed by atoms with Crippen molar-refractivity contribution >= 4 is 16.9 Å². The van der Waals surface area contributed by atoms with Crippen molar-refractivity contribution in [2.75, 3.05) is 6.54 Å². The van der Waals surface area contributed by atoms with E-state index in [1.54, 1.807) is 6.20 Å². The van der Waals surface area contributed by atoms with Crippen LogP contribution in [0.4, 0.5) is 0 Å². The van der Waals surface area contributed by atoms with Crippen LogP contribution in [0.25, 0.3) is 11.0 Å². The molecule has 4 rings (SSSR count). The molecule has 128 valence electrons. The maximum Gasteiger partial charge on any atom is 0.225 e. The van der Waals surface area contributed by atoms with Crippen LogP contribution in [0.15, 0.2) is 48.7 Å². The summed E-state index contributed by atoms with van der Waals surface area (Å²) in [4.78, 5) is 19.3. The van der Waals surface area contributed by atoms with Gasteiger partial charge in [-0.05, 0) is 43.5 Å². The van der Waals surface area contributed by atoms with Gasteiger partial charge in [-0.25, -0.2) is 4.68 Å². The number of amides is 1. The zero-order valence-corrected chi connectivity index (χ0v) is 14.1. The quantitative estimate of drug-likeness (QED) is 0.735. The number of carbonyl (C=O) groups is 1. The van der Waals surface area contributed by atoms with Crippen LogP contribution in [0.5, 0.6) is 0 Å². The Bertz CT molecular complexity index is 860. The lowest BCUT2D eigenvalue weighted by molar-refractivity contribution is -0.135. The molecule has 0 unspecified atom stereocenters. The van der Waals surface area contributed by atoms with Crippen LogP contribution in [0.1, 0.15) is 37.4 Å². The zero-order chi connectivity index (χ0) is 17.1. The lowest BCUT2D eigenvalue weighted by atomic mass is 9.98. The van der Waals surface area contributed by atoms with Gasteiger partial charge >= 0.3 is 0 Å². The second-order valence-corrected chi connectivity index (χ2v) is 6.40. The molecule has 1 saturated heterocycles. The predicted molar refractivity (Wildman–Crippen MR) is 94.7 cm³/mol. The predicted octanol–water partition coefficient (Wildman–Crippen LogP) is 2.97.